The van der Waals surface area contributed by atoms with Crippen LogP contribution in [0.5, 0.6) is 0 Å². The SMILES string of the molecule is O=C(OCCN1C(=O)c2ccccc2C1=O)c1ccc(F)cc1F. The molecule has 1 aliphatic heterocycles. The van der Waals surface area contributed by atoms with Crippen molar-refractivity contribution in [3.63, 3.8) is 0 Å². The number of amides is 2. The fourth-order valence-electron chi connectivity index (χ4n) is 2.40. The Kier molecular flexibility index (Phi) is 4.07. The third-order valence-corrected chi connectivity index (χ3v) is 3.58. The second kappa shape index (κ2) is 6.19. The highest BCUT2D eigenvalue weighted by Crippen LogP contribution is 2.22. The van der Waals surface area contributed by atoms with E-state index in [9.17, 15) is 23.2 Å². The van der Waals surface area contributed by atoms with Gasteiger partial charge in [0.05, 0.1) is 23.2 Å². The third kappa shape index (κ3) is 2.76. The van der Waals surface area contributed by atoms with Gasteiger partial charge in [0.1, 0.15) is 18.2 Å². The Bertz CT molecular complexity index is 815. The normalized spacial score (nSPS) is 13.2. The second-order valence-corrected chi connectivity index (χ2v) is 5.07. The lowest BCUT2D eigenvalue weighted by molar-refractivity contribution is 0.0416. The van der Waals surface area contributed by atoms with Gasteiger partial charge in [-0.3, -0.25) is 14.5 Å². The summed E-state index contributed by atoms with van der Waals surface area (Å²) >= 11 is 0. The number of rotatable bonds is 4. The monoisotopic (exact) mass is 331 g/mol. The first-order valence-electron chi connectivity index (χ1n) is 7.06. The van der Waals surface area contributed by atoms with Gasteiger partial charge in [0.25, 0.3) is 11.8 Å². The molecular weight excluding hydrogens is 320 g/mol. The van der Waals surface area contributed by atoms with Crippen LogP contribution in [0, 0.1) is 11.6 Å². The molecule has 0 fully saturated rings. The molecule has 3 rings (SSSR count). The van der Waals surface area contributed by atoms with Crippen LogP contribution >= 0.6 is 0 Å². The van der Waals surface area contributed by atoms with Crippen LogP contribution in [-0.2, 0) is 4.74 Å². The van der Waals surface area contributed by atoms with Crippen molar-refractivity contribution in [2.45, 2.75) is 0 Å². The van der Waals surface area contributed by atoms with Crippen LogP contribution < -0.4 is 0 Å². The number of halogens is 2. The second-order valence-electron chi connectivity index (χ2n) is 5.07. The first-order chi connectivity index (χ1) is 11.5. The first kappa shape index (κ1) is 15.8. The summed E-state index contributed by atoms with van der Waals surface area (Å²) in [5, 5.41) is 0. The number of hydrogen-bond donors (Lipinski definition) is 0. The molecule has 0 aromatic heterocycles. The summed E-state index contributed by atoms with van der Waals surface area (Å²) in [7, 11) is 0. The molecule has 0 unspecified atom stereocenters. The molecule has 0 saturated heterocycles. The molecule has 0 atom stereocenters. The molecule has 0 spiro atoms. The Hall–Kier alpha value is -3.09. The smallest absolute Gasteiger partial charge is 0.341 e. The Morgan fingerprint density at radius 2 is 1.62 bits per heavy atom. The molecule has 122 valence electrons. The molecule has 5 nitrogen and oxygen atoms in total. The van der Waals surface area contributed by atoms with E-state index in [0.717, 1.165) is 17.0 Å². The minimum absolute atomic E-state index is 0.152. The lowest BCUT2D eigenvalue weighted by Gasteiger charge is -2.13. The van der Waals surface area contributed by atoms with E-state index >= 15 is 0 Å². The summed E-state index contributed by atoms with van der Waals surface area (Å²) in [5.41, 5.74) is 0.163. The van der Waals surface area contributed by atoms with E-state index in [0.29, 0.717) is 17.2 Å². The zero-order valence-electron chi connectivity index (χ0n) is 12.3. The van der Waals surface area contributed by atoms with Crippen molar-refractivity contribution in [3.05, 3.63) is 70.8 Å². The summed E-state index contributed by atoms with van der Waals surface area (Å²) in [5.74, 6) is -3.79. The largest absolute Gasteiger partial charge is 0.460 e. The average molecular weight is 331 g/mol. The van der Waals surface area contributed by atoms with E-state index in [1.54, 1.807) is 12.1 Å². The lowest BCUT2D eigenvalue weighted by atomic mass is 10.1. The van der Waals surface area contributed by atoms with E-state index in [-0.39, 0.29) is 13.2 Å². The van der Waals surface area contributed by atoms with Crippen LogP contribution in [0.4, 0.5) is 8.78 Å². The van der Waals surface area contributed by atoms with Crippen LogP contribution in [0.15, 0.2) is 42.5 Å². The van der Waals surface area contributed by atoms with Gasteiger partial charge in [-0.15, -0.1) is 0 Å². The van der Waals surface area contributed by atoms with Crippen molar-refractivity contribution < 1.29 is 27.9 Å². The zero-order chi connectivity index (χ0) is 17.3. The van der Waals surface area contributed by atoms with Gasteiger partial charge in [-0.05, 0) is 24.3 Å². The van der Waals surface area contributed by atoms with Crippen LogP contribution in [-0.4, -0.2) is 35.8 Å². The highest BCUT2D eigenvalue weighted by Gasteiger charge is 2.34. The van der Waals surface area contributed by atoms with Crippen LogP contribution in [0.25, 0.3) is 0 Å². The molecule has 0 aliphatic carbocycles. The van der Waals surface area contributed by atoms with E-state index in [1.807, 2.05) is 0 Å². The molecule has 0 radical (unpaired) electrons. The van der Waals surface area contributed by atoms with E-state index in [4.69, 9.17) is 4.74 Å². The molecule has 2 aromatic rings. The number of ether oxygens (including phenoxy) is 1. The number of imide groups is 1. The molecule has 7 heteroatoms. The number of esters is 1. The summed E-state index contributed by atoms with van der Waals surface area (Å²) in [6.07, 6.45) is 0. The molecule has 1 aliphatic rings. The maximum atomic E-state index is 13.5. The molecule has 2 amide bonds. The molecule has 1 heterocycles. The topological polar surface area (TPSA) is 63.7 Å². The predicted octanol–water partition coefficient (Wildman–Crippen LogP) is 2.42. The van der Waals surface area contributed by atoms with Crippen molar-refractivity contribution in [2.24, 2.45) is 0 Å². The van der Waals surface area contributed by atoms with Gasteiger partial charge in [0, 0.05) is 6.07 Å². The van der Waals surface area contributed by atoms with Crippen molar-refractivity contribution in [2.75, 3.05) is 13.2 Å². The van der Waals surface area contributed by atoms with E-state index < -0.39 is 35.0 Å². The molecule has 0 bridgehead atoms. The third-order valence-electron chi connectivity index (χ3n) is 3.58. The summed E-state index contributed by atoms with van der Waals surface area (Å²) in [6, 6.07) is 8.83. The first-order valence-corrected chi connectivity index (χ1v) is 7.06. The number of carbonyl (C=O) groups excluding carboxylic acids is 3. The molecule has 24 heavy (non-hydrogen) atoms. The number of benzene rings is 2. The lowest BCUT2D eigenvalue weighted by Crippen LogP contribution is -2.33. The standard InChI is InChI=1S/C17H11F2NO4/c18-10-5-6-13(14(19)9-10)17(23)24-8-7-20-15(21)11-3-1-2-4-12(11)16(20)22/h1-6,9H,7-8H2. The minimum Gasteiger partial charge on any atom is -0.460 e. The predicted molar refractivity (Wildman–Crippen MR) is 78.4 cm³/mol. The van der Waals surface area contributed by atoms with Gasteiger partial charge in [0.2, 0.25) is 0 Å². The van der Waals surface area contributed by atoms with Crippen LogP contribution in [0.1, 0.15) is 31.1 Å². The van der Waals surface area contributed by atoms with Gasteiger partial charge in [-0.1, -0.05) is 12.1 Å². The fraction of sp³-hybridized carbons (Fsp3) is 0.118. The molecular formula is C17H11F2NO4. The van der Waals surface area contributed by atoms with E-state index in [2.05, 4.69) is 0 Å². The number of nitrogens with zero attached hydrogens (tertiary/aromatic N) is 1. The highest BCUT2D eigenvalue weighted by atomic mass is 19.1. The Morgan fingerprint density at radius 1 is 1.00 bits per heavy atom. The van der Waals surface area contributed by atoms with Crippen molar-refractivity contribution in [3.8, 4) is 0 Å². The fourth-order valence-corrected chi connectivity index (χ4v) is 2.40. The molecule has 0 N–H and O–H groups in total. The quantitative estimate of drug-likeness (QED) is 0.637. The number of carbonyl (C=O) groups is 3. The maximum absolute atomic E-state index is 13.5. The van der Waals surface area contributed by atoms with Gasteiger partial charge < -0.3 is 4.74 Å². The maximum Gasteiger partial charge on any atom is 0.341 e. The van der Waals surface area contributed by atoms with Gasteiger partial charge in [0.15, 0.2) is 0 Å². The van der Waals surface area contributed by atoms with Gasteiger partial charge in [-0.25, -0.2) is 13.6 Å². The number of fused-ring (bicyclic) bond motifs is 1. The Labute approximate surface area is 135 Å². The summed E-state index contributed by atoms with van der Waals surface area (Å²) in [6.45, 7) is -0.442. The van der Waals surface area contributed by atoms with Gasteiger partial charge in [-0.2, -0.15) is 0 Å². The average Bonchev–Trinajstić information content (AvgIpc) is 2.80. The minimum atomic E-state index is -1.04. The molecule has 0 saturated carbocycles. The molecule has 2 aromatic carbocycles. The van der Waals surface area contributed by atoms with Crippen molar-refractivity contribution in [1.29, 1.82) is 0 Å². The van der Waals surface area contributed by atoms with Crippen LogP contribution in [0.3, 0.4) is 0 Å². The van der Waals surface area contributed by atoms with Crippen molar-refractivity contribution in [1.82, 2.24) is 4.90 Å². The van der Waals surface area contributed by atoms with Crippen molar-refractivity contribution >= 4 is 17.8 Å². The van der Waals surface area contributed by atoms with Gasteiger partial charge >= 0.3 is 5.97 Å². The summed E-state index contributed by atoms with van der Waals surface area (Å²) < 4.78 is 31.1. The van der Waals surface area contributed by atoms with Crippen LogP contribution in [0.2, 0.25) is 0 Å². The summed E-state index contributed by atoms with van der Waals surface area (Å²) in [4.78, 5) is 36.9. The Morgan fingerprint density at radius 3 is 2.21 bits per heavy atom. The highest BCUT2D eigenvalue weighted by molar-refractivity contribution is 6.21. The van der Waals surface area contributed by atoms with E-state index in [1.165, 1.54) is 12.1 Å². The number of hydrogen-bond acceptors (Lipinski definition) is 4. The zero-order valence-corrected chi connectivity index (χ0v) is 12.3. The Balaban J connectivity index is 1.62.